The van der Waals surface area contributed by atoms with Crippen molar-refractivity contribution in [3.05, 3.63) is 64.5 Å². The quantitative estimate of drug-likeness (QED) is 0.931. The summed E-state index contributed by atoms with van der Waals surface area (Å²) in [5, 5.41) is 2.72. The molecule has 0 saturated carbocycles. The number of aryl methyl sites for hydroxylation is 1. The molecule has 2 aromatic carbocycles. The molecule has 3 rings (SSSR count). The van der Waals surface area contributed by atoms with Gasteiger partial charge in [-0.3, -0.25) is 9.59 Å². The Bertz CT molecular complexity index is 815. The molecule has 0 fully saturated rings. The van der Waals surface area contributed by atoms with Crippen LogP contribution in [0, 0.1) is 12.7 Å². The Labute approximate surface area is 146 Å². The lowest BCUT2D eigenvalue weighted by Crippen LogP contribution is -2.36. The van der Waals surface area contributed by atoms with Gasteiger partial charge in [-0.1, -0.05) is 18.2 Å². The lowest BCUT2D eigenvalue weighted by atomic mass is 9.96. The zero-order chi connectivity index (χ0) is 18.0. The first-order valence-electron chi connectivity index (χ1n) is 8.40. The Kier molecular flexibility index (Phi) is 4.83. The normalized spacial score (nSPS) is 13.3. The van der Waals surface area contributed by atoms with Gasteiger partial charge in [0.15, 0.2) is 0 Å². The Hall–Kier alpha value is -2.69. The van der Waals surface area contributed by atoms with Crippen molar-refractivity contribution in [1.29, 1.82) is 0 Å². The van der Waals surface area contributed by atoms with Crippen LogP contribution >= 0.6 is 0 Å². The van der Waals surface area contributed by atoms with Gasteiger partial charge < -0.3 is 10.2 Å². The highest BCUT2D eigenvalue weighted by Crippen LogP contribution is 2.33. The number of nitrogens with one attached hydrogen (secondary N) is 1. The minimum absolute atomic E-state index is 0.0948. The van der Waals surface area contributed by atoms with E-state index < -0.39 is 0 Å². The fourth-order valence-corrected chi connectivity index (χ4v) is 3.22. The molecule has 2 aromatic rings. The summed E-state index contributed by atoms with van der Waals surface area (Å²) in [6, 6.07) is 10.3. The van der Waals surface area contributed by atoms with Gasteiger partial charge in [0.05, 0.1) is 5.69 Å². The minimum Gasteiger partial charge on any atom is -0.352 e. The number of anilines is 1. The monoisotopic (exact) mass is 340 g/mol. The van der Waals surface area contributed by atoms with Crippen LogP contribution in [-0.2, 0) is 17.8 Å². The first kappa shape index (κ1) is 17.1. The van der Waals surface area contributed by atoms with Crippen molar-refractivity contribution in [3.8, 4) is 0 Å². The molecule has 0 unspecified atom stereocenters. The van der Waals surface area contributed by atoms with E-state index in [1.165, 1.54) is 13.0 Å². The van der Waals surface area contributed by atoms with Gasteiger partial charge in [-0.05, 0) is 49.1 Å². The number of carbonyl (C=O) groups is 2. The number of amides is 2. The number of halogens is 1. The predicted octanol–water partition coefficient (Wildman–Crippen LogP) is 3.36. The number of carbonyl (C=O) groups excluding carboxylic acids is 2. The van der Waals surface area contributed by atoms with Crippen LogP contribution < -0.4 is 10.2 Å². The fourth-order valence-electron chi connectivity index (χ4n) is 3.22. The second-order valence-corrected chi connectivity index (χ2v) is 6.36. The van der Waals surface area contributed by atoms with Crippen molar-refractivity contribution >= 4 is 17.5 Å². The number of fused-ring (bicyclic) bond motifs is 1. The highest BCUT2D eigenvalue weighted by molar-refractivity contribution is 6.07. The maximum Gasteiger partial charge on any atom is 0.258 e. The third-order valence-electron chi connectivity index (χ3n) is 4.49. The van der Waals surface area contributed by atoms with Crippen LogP contribution in [-0.4, -0.2) is 18.4 Å². The smallest absolute Gasteiger partial charge is 0.258 e. The fraction of sp³-hybridized carbons (Fsp3) is 0.300. The first-order valence-corrected chi connectivity index (χ1v) is 8.40. The largest absolute Gasteiger partial charge is 0.352 e. The summed E-state index contributed by atoms with van der Waals surface area (Å²) in [5.74, 6) is -0.466. The van der Waals surface area contributed by atoms with Crippen LogP contribution in [0.5, 0.6) is 0 Å². The standard InChI is InChI=1S/C20H21FN2O2/c1-13-5-10-18(21)17-4-3-11-23(19(13)17)20(25)16-8-6-15(7-9-16)12-22-14(2)24/h5-10H,3-4,11-12H2,1-2H3,(H,22,24). The maximum absolute atomic E-state index is 14.1. The average Bonchev–Trinajstić information content (AvgIpc) is 2.62. The average molecular weight is 340 g/mol. The third-order valence-corrected chi connectivity index (χ3v) is 4.49. The molecule has 0 spiro atoms. The first-order chi connectivity index (χ1) is 12.0. The molecule has 0 bridgehead atoms. The van der Waals surface area contributed by atoms with Crippen LogP contribution in [0.1, 0.15) is 40.4 Å². The lowest BCUT2D eigenvalue weighted by molar-refractivity contribution is -0.119. The van der Waals surface area contributed by atoms with Gasteiger partial charge in [-0.25, -0.2) is 4.39 Å². The SMILES string of the molecule is CC(=O)NCc1ccc(C(=O)N2CCCc3c(F)ccc(C)c32)cc1. The molecule has 1 N–H and O–H groups in total. The summed E-state index contributed by atoms with van der Waals surface area (Å²) in [4.78, 5) is 25.6. The second-order valence-electron chi connectivity index (χ2n) is 6.36. The summed E-state index contributed by atoms with van der Waals surface area (Å²) in [6.07, 6.45) is 1.40. The predicted molar refractivity (Wildman–Crippen MR) is 95.1 cm³/mol. The molecule has 0 aromatic heterocycles. The zero-order valence-corrected chi connectivity index (χ0v) is 14.4. The van der Waals surface area contributed by atoms with E-state index in [4.69, 9.17) is 0 Å². The summed E-state index contributed by atoms with van der Waals surface area (Å²) >= 11 is 0. The van der Waals surface area contributed by atoms with Crippen LogP contribution in [0.3, 0.4) is 0 Å². The maximum atomic E-state index is 14.1. The molecule has 25 heavy (non-hydrogen) atoms. The second kappa shape index (κ2) is 7.05. The molecule has 2 amide bonds. The lowest BCUT2D eigenvalue weighted by Gasteiger charge is -2.31. The van der Waals surface area contributed by atoms with Gasteiger partial charge in [-0.2, -0.15) is 0 Å². The Balaban J connectivity index is 1.85. The molecule has 130 valence electrons. The van der Waals surface area contributed by atoms with Gasteiger partial charge in [-0.15, -0.1) is 0 Å². The summed E-state index contributed by atoms with van der Waals surface area (Å²) in [6.45, 7) is 4.39. The van der Waals surface area contributed by atoms with Crippen LogP contribution in [0.25, 0.3) is 0 Å². The number of hydrogen-bond acceptors (Lipinski definition) is 2. The molecule has 0 radical (unpaired) electrons. The molecular weight excluding hydrogens is 319 g/mol. The number of benzene rings is 2. The van der Waals surface area contributed by atoms with Crippen LogP contribution in [0.4, 0.5) is 10.1 Å². The molecule has 0 aliphatic carbocycles. The Morgan fingerprint density at radius 1 is 1.16 bits per heavy atom. The molecule has 5 heteroatoms. The molecule has 0 saturated heterocycles. The molecular formula is C20H21FN2O2. The van der Waals surface area contributed by atoms with E-state index in [1.807, 2.05) is 19.1 Å². The molecule has 0 atom stereocenters. The summed E-state index contributed by atoms with van der Waals surface area (Å²) in [7, 11) is 0. The highest BCUT2D eigenvalue weighted by Gasteiger charge is 2.27. The number of nitrogens with zero attached hydrogens (tertiary/aromatic N) is 1. The van der Waals surface area contributed by atoms with Crippen LogP contribution in [0.2, 0.25) is 0 Å². The van der Waals surface area contributed by atoms with E-state index in [0.29, 0.717) is 36.3 Å². The summed E-state index contributed by atoms with van der Waals surface area (Å²) in [5.41, 5.74) is 3.73. The van der Waals surface area contributed by atoms with Gasteiger partial charge in [0.1, 0.15) is 5.82 Å². The number of rotatable bonds is 3. The van der Waals surface area contributed by atoms with Gasteiger partial charge in [0.25, 0.3) is 5.91 Å². The van der Waals surface area contributed by atoms with E-state index in [1.54, 1.807) is 23.1 Å². The summed E-state index contributed by atoms with van der Waals surface area (Å²) < 4.78 is 14.1. The zero-order valence-electron chi connectivity index (χ0n) is 14.4. The van der Waals surface area contributed by atoms with Crippen LogP contribution in [0.15, 0.2) is 36.4 Å². The van der Waals surface area contributed by atoms with Gasteiger partial charge in [0.2, 0.25) is 5.91 Å². The molecule has 1 aliphatic rings. The van der Waals surface area contributed by atoms with E-state index >= 15 is 0 Å². The Morgan fingerprint density at radius 3 is 2.56 bits per heavy atom. The highest BCUT2D eigenvalue weighted by atomic mass is 19.1. The van der Waals surface area contributed by atoms with Gasteiger partial charge >= 0.3 is 0 Å². The van der Waals surface area contributed by atoms with E-state index in [9.17, 15) is 14.0 Å². The van der Waals surface area contributed by atoms with Crippen molar-refractivity contribution < 1.29 is 14.0 Å². The van der Waals surface area contributed by atoms with E-state index in [-0.39, 0.29) is 17.6 Å². The Morgan fingerprint density at radius 2 is 1.88 bits per heavy atom. The number of hydrogen-bond donors (Lipinski definition) is 1. The molecule has 1 heterocycles. The van der Waals surface area contributed by atoms with Gasteiger partial charge in [0, 0.05) is 31.1 Å². The third kappa shape index (κ3) is 3.55. The van der Waals surface area contributed by atoms with Crippen molar-refractivity contribution in [2.45, 2.75) is 33.2 Å². The molecule has 4 nitrogen and oxygen atoms in total. The van der Waals surface area contributed by atoms with E-state index in [0.717, 1.165) is 17.5 Å². The van der Waals surface area contributed by atoms with E-state index in [2.05, 4.69) is 5.32 Å². The topological polar surface area (TPSA) is 49.4 Å². The van der Waals surface area contributed by atoms with Crippen molar-refractivity contribution in [2.75, 3.05) is 11.4 Å². The van der Waals surface area contributed by atoms with Crippen molar-refractivity contribution in [3.63, 3.8) is 0 Å². The van der Waals surface area contributed by atoms with Crippen molar-refractivity contribution in [2.24, 2.45) is 0 Å². The van der Waals surface area contributed by atoms with Crippen molar-refractivity contribution in [1.82, 2.24) is 5.32 Å². The molecule has 1 aliphatic heterocycles. The minimum atomic E-state index is -0.247.